The van der Waals surface area contributed by atoms with Crippen LogP contribution >= 0.6 is 0 Å². The molecule has 0 aliphatic heterocycles. The van der Waals surface area contributed by atoms with Gasteiger partial charge < -0.3 is 10.1 Å². The zero-order valence-electron chi connectivity index (χ0n) is 13.7. The number of hydrogen-bond donors (Lipinski definition) is 1. The number of hydrogen-bond acceptors (Lipinski definition) is 5. The van der Waals surface area contributed by atoms with Gasteiger partial charge in [-0.05, 0) is 50.5 Å². The lowest BCUT2D eigenvalue weighted by atomic mass is 10.1. The van der Waals surface area contributed by atoms with Gasteiger partial charge in [0.05, 0.1) is 6.61 Å². The van der Waals surface area contributed by atoms with Crippen LogP contribution in [0.4, 0.5) is 5.82 Å². The molecule has 1 aromatic carbocycles. The van der Waals surface area contributed by atoms with E-state index in [9.17, 15) is 0 Å². The van der Waals surface area contributed by atoms with Gasteiger partial charge in [0.25, 0.3) is 0 Å². The average molecular weight is 311 g/mol. The summed E-state index contributed by atoms with van der Waals surface area (Å²) < 4.78 is 7.63. The summed E-state index contributed by atoms with van der Waals surface area (Å²) in [6.07, 6.45) is 0.897. The molecule has 0 saturated carbocycles. The van der Waals surface area contributed by atoms with Crippen molar-refractivity contribution in [3.63, 3.8) is 0 Å². The first-order valence-corrected chi connectivity index (χ1v) is 7.77. The van der Waals surface area contributed by atoms with Gasteiger partial charge in [-0.1, -0.05) is 18.2 Å². The second kappa shape index (κ2) is 6.64. The molecule has 0 fully saturated rings. The number of nitrogens with zero attached hydrogens (tertiary/aromatic N) is 4. The molecule has 6 heteroatoms. The molecule has 0 atom stereocenters. The molecule has 0 aliphatic rings. The van der Waals surface area contributed by atoms with Crippen LogP contribution in [-0.2, 0) is 0 Å². The van der Waals surface area contributed by atoms with E-state index in [2.05, 4.69) is 46.6 Å². The van der Waals surface area contributed by atoms with E-state index in [1.807, 2.05) is 25.1 Å². The van der Waals surface area contributed by atoms with Gasteiger partial charge >= 0.3 is 0 Å². The molecule has 120 valence electrons. The standard InChI is InChI=1S/C17H21N5O/c1-12-6-4-7-13(2)17(12)23-11-5-10-18-15-8-9-16-20-19-14(3)22(16)21-15/h4,6-9H,5,10-11H2,1-3H3,(H,18,21). The molecule has 0 aliphatic carbocycles. The van der Waals surface area contributed by atoms with Gasteiger partial charge in [0, 0.05) is 6.54 Å². The van der Waals surface area contributed by atoms with Crippen molar-refractivity contribution in [2.45, 2.75) is 27.2 Å². The number of para-hydroxylation sites is 1. The number of nitrogens with one attached hydrogen (secondary N) is 1. The Balaban J connectivity index is 1.50. The minimum Gasteiger partial charge on any atom is -0.493 e. The first kappa shape index (κ1) is 15.3. The zero-order chi connectivity index (χ0) is 16.2. The molecule has 1 N–H and O–H groups in total. The highest BCUT2D eigenvalue weighted by Crippen LogP contribution is 2.22. The van der Waals surface area contributed by atoms with Gasteiger partial charge in [0.15, 0.2) is 11.5 Å². The predicted molar refractivity (Wildman–Crippen MR) is 90.0 cm³/mol. The summed E-state index contributed by atoms with van der Waals surface area (Å²) in [6.45, 7) is 7.49. The molecule has 2 aromatic heterocycles. The monoisotopic (exact) mass is 311 g/mol. The molecule has 0 spiro atoms. The lowest BCUT2D eigenvalue weighted by Crippen LogP contribution is -2.10. The quantitative estimate of drug-likeness (QED) is 0.709. The molecule has 0 unspecified atom stereocenters. The molecule has 0 bridgehead atoms. The normalized spacial score (nSPS) is 10.9. The van der Waals surface area contributed by atoms with Crippen molar-refractivity contribution in [2.75, 3.05) is 18.5 Å². The van der Waals surface area contributed by atoms with Crippen LogP contribution in [0.2, 0.25) is 0 Å². The summed E-state index contributed by atoms with van der Waals surface area (Å²) in [5.74, 6) is 2.58. The molecule has 0 saturated heterocycles. The third kappa shape index (κ3) is 3.41. The highest BCUT2D eigenvalue weighted by molar-refractivity contribution is 5.43. The van der Waals surface area contributed by atoms with Crippen LogP contribution in [0.3, 0.4) is 0 Å². The third-order valence-electron chi connectivity index (χ3n) is 3.70. The number of aryl methyl sites for hydroxylation is 3. The number of benzene rings is 1. The number of ether oxygens (including phenoxy) is 1. The fourth-order valence-electron chi connectivity index (χ4n) is 2.48. The van der Waals surface area contributed by atoms with E-state index < -0.39 is 0 Å². The molecule has 0 amide bonds. The minimum absolute atomic E-state index is 0.673. The lowest BCUT2D eigenvalue weighted by Gasteiger charge is -2.12. The fraction of sp³-hybridized carbons (Fsp3) is 0.353. The highest BCUT2D eigenvalue weighted by atomic mass is 16.5. The lowest BCUT2D eigenvalue weighted by molar-refractivity contribution is 0.311. The summed E-state index contributed by atoms with van der Waals surface area (Å²) in [7, 11) is 0. The fourth-order valence-corrected chi connectivity index (χ4v) is 2.48. The molecule has 23 heavy (non-hydrogen) atoms. The second-order valence-corrected chi connectivity index (χ2v) is 5.59. The van der Waals surface area contributed by atoms with Crippen LogP contribution in [0.25, 0.3) is 5.65 Å². The largest absolute Gasteiger partial charge is 0.493 e. The van der Waals surface area contributed by atoms with E-state index in [0.29, 0.717) is 6.61 Å². The van der Waals surface area contributed by atoms with Crippen LogP contribution in [0.1, 0.15) is 23.4 Å². The predicted octanol–water partition coefficient (Wildman–Crippen LogP) is 2.93. The summed E-state index contributed by atoms with van der Waals surface area (Å²) in [5, 5.41) is 15.8. The maximum Gasteiger partial charge on any atom is 0.178 e. The van der Waals surface area contributed by atoms with Crippen molar-refractivity contribution in [3.05, 3.63) is 47.3 Å². The van der Waals surface area contributed by atoms with Gasteiger partial charge in [0.2, 0.25) is 0 Å². The first-order chi connectivity index (χ1) is 11.1. The summed E-state index contributed by atoms with van der Waals surface area (Å²) >= 11 is 0. The minimum atomic E-state index is 0.673. The van der Waals surface area contributed by atoms with E-state index in [0.717, 1.165) is 36.0 Å². The summed E-state index contributed by atoms with van der Waals surface area (Å²) in [4.78, 5) is 0. The van der Waals surface area contributed by atoms with Crippen LogP contribution in [0, 0.1) is 20.8 Å². The smallest absolute Gasteiger partial charge is 0.178 e. The molecular formula is C17H21N5O. The Labute approximate surface area is 135 Å². The average Bonchev–Trinajstić information content (AvgIpc) is 2.90. The number of rotatable bonds is 6. The number of anilines is 1. The molecule has 3 aromatic rings. The maximum absolute atomic E-state index is 5.90. The molecule has 0 radical (unpaired) electrons. The number of fused-ring (bicyclic) bond motifs is 1. The third-order valence-corrected chi connectivity index (χ3v) is 3.70. The Morgan fingerprint density at radius 1 is 1.04 bits per heavy atom. The number of aromatic nitrogens is 4. The van der Waals surface area contributed by atoms with Gasteiger partial charge in [0.1, 0.15) is 11.6 Å². The van der Waals surface area contributed by atoms with Gasteiger partial charge in [-0.3, -0.25) is 0 Å². The van der Waals surface area contributed by atoms with E-state index in [1.54, 1.807) is 4.52 Å². The summed E-state index contributed by atoms with van der Waals surface area (Å²) in [6, 6.07) is 10.0. The van der Waals surface area contributed by atoms with Crippen LogP contribution in [-0.4, -0.2) is 33.0 Å². The van der Waals surface area contributed by atoms with Gasteiger partial charge in [-0.25, -0.2) is 0 Å². The van der Waals surface area contributed by atoms with Crippen LogP contribution < -0.4 is 10.1 Å². The van der Waals surface area contributed by atoms with Crippen molar-refractivity contribution in [1.29, 1.82) is 0 Å². The molecule has 3 rings (SSSR count). The second-order valence-electron chi connectivity index (χ2n) is 5.59. The SMILES string of the molecule is Cc1cccc(C)c1OCCCNc1ccc2nnc(C)n2n1. The molecular weight excluding hydrogens is 290 g/mol. The van der Waals surface area contributed by atoms with Gasteiger partial charge in [-0.2, -0.15) is 4.52 Å². The maximum atomic E-state index is 5.90. The van der Waals surface area contributed by atoms with Gasteiger partial charge in [-0.15, -0.1) is 15.3 Å². The Hall–Kier alpha value is -2.63. The van der Waals surface area contributed by atoms with E-state index >= 15 is 0 Å². The Morgan fingerprint density at radius 2 is 1.83 bits per heavy atom. The van der Waals surface area contributed by atoms with Crippen LogP contribution in [0.5, 0.6) is 5.75 Å². The van der Waals surface area contributed by atoms with E-state index in [4.69, 9.17) is 4.74 Å². The zero-order valence-corrected chi connectivity index (χ0v) is 13.7. The summed E-state index contributed by atoms with van der Waals surface area (Å²) in [5.41, 5.74) is 3.10. The first-order valence-electron chi connectivity index (χ1n) is 7.77. The van der Waals surface area contributed by atoms with Crippen molar-refractivity contribution in [1.82, 2.24) is 19.8 Å². The molecule has 2 heterocycles. The van der Waals surface area contributed by atoms with Crippen molar-refractivity contribution < 1.29 is 4.74 Å². The Morgan fingerprint density at radius 3 is 2.61 bits per heavy atom. The Bertz CT molecular complexity index is 792. The van der Waals surface area contributed by atoms with E-state index in [1.165, 1.54) is 11.1 Å². The van der Waals surface area contributed by atoms with E-state index in [-0.39, 0.29) is 0 Å². The Kier molecular flexibility index (Phi) is 4.41. The van der Waals surface area contributed by atoms with Crippen molar-refractivity contribution in [3.8, 4) is 5.75 Å². The highest BCUT2D eigenvalue weighted by Gasteiger charge is 2.04. The van der Waals surface area contributed by atoms with Crippen molar-refractivity contribution >= 4 is 11.5 Å². The topological polar surface area (TPSA) is 64.3 Å². The molecule has 6 nitrogen and oxygen atoms in total. The van der Waals surface area contributed by atoms with Crippen LogP contribution in [0.15, 0.2) is 30.3 Å². The van der Waals surface area contributed by atoms with Crippen molar-refractivity contribution in [2.24, 2.45) is 0 Å².